The first-order valence-electron chi connectivity index (χ1n) is 12.8. The number of fused-ring (bicyclic) bond motifs is 1. The summed E-state index contributed by atoms with van der Waals surface area (Å²) in [6.45, 7) is -0.713. The monoisotopic (exact) mass is 601 g/mol. The Bertz CT molecular complexity index is 1750. The maximum Gasteiger partial charge on any atom is 0.435 e. The standard InChI is InChI=1S/C29H21F6N5O3/c30-16-8-15(9-17(31)11-16)21(12-22-18(2-1-7-37-22)14-3-4-20(32)19(10-14)28(36)43)38-25(42)13-40-23-5-6-24(41)26(23)27(39-40)29(33,34)35/h1-4,7-11,21H,5-6,12-13H2,(H2,36,43)(H,38,42). The lowest BCUT2D eigenvalue weighted by atomic mass is 9.95. The van der Waals surface area contributed by atoms with Crippen molar-refractivity contribution in [2.24, 2.45) is 5.73 Å². The number of hydrogen-bond acceptors (Lipinski definition) is 5. The molecule has 0 fully saturated rings. The lowest BCUT2D eigenvalue weighted by Gasteiger charge is -2.21. The summed E-state index contributed by atoms with van der Waals surface area (Å²) >= 11 is 0. The number of carbonyl (C=O) groups is 3. The Hall–Kier alpha value is -5.01. The largest absolute Gasteiger partial charge is 0.435 e. The average Bonchev–Trinajstić information content (AvgIpc) is 3.48. The number of rotatable bonds is 8. The zero-order chi connectivity index (χ0) is 31.1. The summed E-state index contributed by atoms with van der Waals surface area (Å²) < 4.78 is 83.9. The highest BCUT2D eigenvalue weighted by Crippen LogP contribution is 2.36. The Morgan fingerprint density at radius 2 is 1.74 bits per heavy atom. The molecule has 0 saturated carbocycles. The van der Waals surface area contributed by atoms with Gasteiger partial charge in [0.15, 0.2) is 11.5 Å². The number of ketones is 1. The number of nitrogens with zero attached hydrogens (tertiary/aromatic N) is 3. The molecule has 43 heavy (non-hydrogen) atoms. The van der Waals surface area contributed by atoms with Crippen LogP contribution in [0.2, 0.25) is 0 Å². The van der Waals surface area contributed by atoms with Crippen LogP contribution in [0.3, 0.4) is 0 Å². The quantitative estimate of drug-likeness (QED) is 0.284. The van der Waals surface area contributed by atoms with E-state index in [9.17, 15) is 40.7 Å². The molecule has 1 unspecified atom stereocenters. The molecule has 4 aromatic rings. The van der Waals surface area contributed by atoms with E-state index in [-0.39, 0.29) is 41.8 Å². The zero-order valence-corrected chi connectivity index (χ0v) is 22.0. The summed E-state index contributed by atoms with van der Waals surface area (Å²) in [6.07, 6.45) is -3.89. The highest BCUT2D eigenvalue weighted by Gasteiger charge is 2.43. The first kappa shape index (κ1) is 29.5. The number of amides is 2. The highest BCUT2D eigenvalue weighted by molar-refractivity contribution is 6.01. The zero-order valence-electron chi connectivity index (χ0n) is 22.0. The Morgan fingerprint density at radius 1 is 1.02 bits per heavy atom. The molecule has 0 bridgehead atoms. The van der Waals surface area contributed by atoms with Crippen molar-refractivity contribution in [3.8, 4) is 11.1 Å². The second kappa shape index (κ2) is 11.3. The first-order valence-corrected chi connectivity index (χ1v) is 12.8. The van der Waals surface area contributed by atoms with Crippen molar-refractivity contribution in [1.82, 2.24) is 20.1 Å². The van der Waals surface area contributed by atoms with Gasteiger partial charge >= 0.3 is 6.18 Å². The van der Waals surface area contributed by atoms with Gasteiger partial charge in [-0.25, -0.2) is 13.2 Å². The number of benzene rings is 2. The molecular weight excluding hydrogens is 580 g/mol. The Kier molecular flexibility index (Phi) is 7.78. The van der Waals surface area contributed by atoms with Gasteiger partial charge in [0.25, 0.3) is 5.91 Å². The molecule has 0 aliphatic heterocycles. The van der Waals surface area contributed by atoms with E-state index in [1.807, 2.05) is 0 Å². The number of halogens is 6. The van der Waals surface area contributed by atoms with E-state index in [2.05, 4.69) is 15.4 Å². The van der Waals surface area contributed by atoms with Crippen molar-refractivity contribution in [2.45, 2.75) is 38.0 Å². The molecule has 14 heteroatoms. The molecule has 0 radical (unpaired) electrons. The number of aromatic nitrogens is 3. The van der Waals surface area contributed by atoms with Gasteiger partial charge in [-0.1, -0.05) is 12.1 Å². The van der Waals surface area contributed by atoms with E-state index < -0.39 is 65.1 Å². The van der Waals surface area contributed by atoms with Gasteiger partial charge in [-0.05, 0) is 47.9 Å². The third-order valence-corrected chi connectivity index (χ3v) is 6.94. The lowest BCUT2D eigenvalue weighted by Crippen LogP contribution is -2.34. The van der Waals surface area contributed by atoms with E-state index in [0.29, 0.717) is 17.2 Å². The molecule has 2 amide bonds. The first-order chi connectivity index (χ1) is 20.3. The number of alkyl halides is 3. The van der Waals surface area contributed by atoms with Crippen LogP contribution >= 0.6 is 0 Å². The van der Waals surface area contributed by atoms with Gasteiger partial charge < -0.3 is 11.1 Å². The maximum absolute atomic E-state index is 14.2. The van der Waals surface area contributed by atoms with Crippen molar-refractivity contribution >= 4 is 17.6 Å². The fourth-order valence-corrected chi connectivity index (χ4v) is 5.07. The minimum atomic E-state index is -4.92. The number of primary amides is 1. The Labute approximate surface area is 239 Å². The van der Waals surface area contributed by atoms with Crippen LogP contribution in [0.4, 0.5) is 26.3 Å². The molecule has 2 aromatic heterocycles. The molecule has 3 N–H and O–H groups in total. The van der Waals surface area contributed by atoms with Gasteiger partial charge in [0.05, 0.1) is 28.6 Å². The number of nitrogens with two attached hydrogens (primary N) is 1. The predicted octanol–water partition coefficient (Wildman–Crippen LogP) is 4.71. The van der Waals surface area contributed by atoms with Crippen molar-refractivity contribution in [2.75, 3.05) is 0 Å². The molecule has 2 heterocycles. The smallest absolute Gasteiger partial charge is 0.366 e. The molecule has 1 aliphatic rings. The molecule has 0 saturated heterocycles. The van der Waals surface area contributed by atoms with Crippen LogP contribution in [0.1, 0.15) is 55.8 Å². The number of Topliss-reactive ketones (excluding diaryl/α,β-unsaturated/α-hetero) is 1. The number of nitrogens with one attached hydrogen (secondary N) is 1. The Balaban J connectivity index is 1.49. The summed E-state index contributed by atoms with van der Waals surface area (Å²) in [6, 6.07) is 8.19. The molecule has 222 valence electrons. The molecule has 0 spiro atoms. The van der Waals surface area contributed by atoms with Crippen LogP contribution < -0.4 is 11.1 Å². The van der Waals surface area contributed by atoms with Crippen molar-refractivity contribution in [3.63, 3.8) is 0 Å². The molecule has 5 rings (SSSR count). The molecule has 1 atom stereocenters. The lowest BCUT2D eigenvalue weighted by molar-refractivity contribution is -0.142. The second-order valence-electron chi connectivity index (χ2n) is 9.83. The highest BCUT2D eigenvalue weighted by atomic mass is 19.4. The molecule has 1 aliphatic carbocycles. The van der Waals surface area contributed by atoms with Crippen LogP contribution in [0.25, 0.3) is 11.1 Å². The normalized spacial score (nSPS) is 13.6. The van der Waals surface area contributed by atoms with Crippen molar-refractivity contribution in [1.29, 1.82) is 0 Å². The van der Waals surface area contributed by atoms with Crippen molar-refractivity contribution in [3.05, 3.63) is 106 Å². The van der Waals surface area contributed by atoms with E-state index >= 15 is 0 Å². The van der Waals surface area contributed by atoms with Gasteiger partial charge in [0, 0.05) is 30.7 Å². The summed E-state index contributed by atoms with van der Waals surface area (Å²) in [5.74, 6) is -5.33. The van der Waals surface area contributed by atoms with Gasteiger partial charge in [-0.3, -0.25) is 24.0 Å². The number of carbonyl (C=O) groups excluding carboxylic acids is 3. The average molecular weight is 602 g/mol. The SMILES string of the molecule is NC(=O)c1cc(-c2cccnc2CC(NC(=O)Cn2nc(C(F)(F)F)c3c2CCC3=O)c2cc(F)cc(F)c2)ccc1F. The van der Waals surface area contributed by atoms with E-state index in [4.69, 9.17) is 5.73 Å². The minimum Gasteiger partial charge on any atom is -0.366 e. The molecule has 8 nitrogen and oxygen atoms in total. The molecule has 2 aromatic carbocycles. The van der Waals surface area contributed by atoms with Gasteiger partial charge in [0.1, 0.15) is 24.0 Å². The van der Waals surface area contributed by atoms with Crippen LogP contribution in [0.5, 0.6) is 0 Å². The van der Waals surface area contributed by atoms with E-state index in [1.54, 1.807) is 12.1 Å². The summed E-state index contributed by atoms with van der Waals surface area (Å²) in [5, 5.41) is 6.06. The van der Waals surface area contributed by atoms with E-state index in [1.165, 1.54) is 18.3 Å². The van der Waals surface area contributed by atoms with Crippen LogP contribution in [0, 0.1) is 17.5 Å². The topological polar surface area (TPSA) is 120 Å². The fraction of sp³-hybridized carbons (Fsp3) is 0.207. The number of pyridine rings is 1. The predicted molar refractivity (Wildman–Crippen MR) is 139 cm³/mol. The third-order valence-electron chi connectivity index (χ3n) is 6.94. The van der Waals surface area contributed by atoms with Crippen LogP contribution in [0.15, 0.2) is 54.7 Å². The van der Waals surface area contributed by atoms with Gasteiger partial charge in [0.2, 0.25) is 5.91 Å². The summed E-state index contributed by atoms with van der Waals surface area (Å²) in [5.41, 5.74) is 3.88. The third kappa shape index (κ3) is 6.12. The Morgan fingerprint density at radius 3 is 2.42 bits per heavy atom. The summed E-state index contributed by atoms with van der Waals surface area (Å²) in [7, 11) is 0. The van der Waals surface area contributed by atoms with Crippen molar-refractivity contribution < 1.29 is 40.7 Å². The molecular formula is C29H21F6N5O3. The van der Waals surface area contributed by atoms with Crippen LogP contribution in [-0.4, -0.2) is 32.4 Å². The van der Waals surface area contributed by atoms with Gasteiger partial charge in [-0.15, -0.1) is 0 Å². The van der Waals surface area contributed by atoms with Crippen LogP contribution in [-0.2, 0) is 30.4 Å². The maximum atomic E-state index is 14.2. The van der Waals surface area contributed by atoms with Gasteiger partial charge in [-0.2, -0.15) is 18.3 Å². The van der Waals surface area contributed by atoms with E-state index in [0.717, 1.165) is 22.9 Å². The minimum absolute atomic E-state index is 0.0174. The summed E-state index contributed by atoms with van der Waals surface area (Å²) in [4.78, 5) is 41.3. The number of hydrogen-bond donors (Lipinski definition) is 2. The fourth-order valence-electron chi connectivity index (χ4n) is 5.07. The second-order valence-corrected chi connectivity index (χ2v) is 9.83.